The van der Waals surface area contributed by atoms with E-state index >= 15 is 0 Å². The van der Waals surface area contributed by atoms with Gasteiger partial charge in [-0.25, -0.2) is 22.8 Å². The van der Waals surface area contributed by atoms with Gasteiger partial charge in [0, 0.05) is 36.1 Å². The molecule has 6 aromatic rings. The van der Waals surface area contributed by atoms with Crippen LogP contribution in [0.25, 0.3) is 11.1 Å². The van der Waals surface area contributed by atoms with E-state index in [1.54, 1.807) is 80.6 Å². The van der Waals surface area contributed by atoms with Crippen molar-refractivity contribution in [2.75, 3.05) is 53.4 Å². The van der Waals surface area contributed by atoms with Crippen LogP contribution in [0.5, 0.6) is 0 Å². The Hall–Kier alpha value is -8.27. The summed E-state index contributed by atoms with van der Waals surface area (Å²) in [6.07, 6.45) is 0.552. The molecule has 0 radical (unpaired) electrons. The van der Waals surface area contributed by atoms with Gasteiger partial charge in [0.05, 0.1) is 65.1 Å². The van der Waals surface area contributed by atoms with Crippen LogP contribution in [-0.4, -0.2) is 98.3 Å². The van der Waals surface area contributed by atoms with Crippen LogP contribution in [0.1, 0.15) is 98.8 Å². The van der Waals surface area contributed by atoms with Crippen LogP contribution in [0.2, 0.25) is 0 Å². The fraction of sp³-hybridized carbons (Fsp3) is 0.208. The normalized spacial score (nSPS) is 17.1. The maximum Gasteiger partial charge on any atom is 0.336 e. The number of ether oxygens (including phenoxy) is 4. The first-order chi connectivity index (χ1) is 34.6. The molecule has 0 spiro atoms. The quantitative estimate of drug-likeness (QED) is 0.0538. The summed E-state index contributed by atoms with van der Waals surface area (Å²) in [7, 11) is -2.22. The van der Waals surface area contributed by atoms with Crippen molar-refractivity contribution in [3.05, 3.63) is 177 Å². The van der Waals surface area contributed by atoms with E-state index in [1.165, 1.54) is 67.7 Å². The third kappa shape index (κ3) is 11.4. The molecule has 3 amide bonds. The maximum absolute atomic E-state index is 13.7. The lowest BCUT2D eigenvalue weighted by Gasteiger charge is -2.24. The van der Waals surface area contributed by atoms with E-state index in [9.17, 15) is 52.5 Å². The molecule has 2 saturated heterocycles. The number of carbonyl (C=O) groups excluding carboxylic acids is 3. The van der Waals surface area contributed by atoms with Crippen molar-refractivity contribution in [3.63, 3.8) is 0 Å². The van der Waals surface area contributed by atoms with E-state index in [0.29, 0.717) is 47.0 Å². The summed E-state index contributed by atoms with van der Waals surface area (Å²) in [5, 5.41) is 38.3. The molecule has 0 aliphatic carbocycles. The molecule has 6 N–H and O–H groups in total. The van der Waals surface area contributed by atoms with Gasteiger partial charge in [-0.1, -0.05) is 48.5 Å². The molecule has 376 valence electrons. The van der Waals surface area contributed by atoms with E-state index in [-0.39, 0.29) is 52.1 Å². The monoisotopic (exact) mass is 1010 g/mol. The van der Waals surface area contributed by atoms with Crippen LogP contribution in [0, 0.1) is 0 Å². The molecule has 0 bridgehead atoms. The number of carboxylic acid groups (broad SMARTS) is 3. The number of hydrogen-bond donors (Lipinski definition) is 6. The molecule has 8 rings (SSSR count). The molecule has 2 aliphatic rings. The van der Waals surface area contributed by atoms with Crippen molar-refractivity contribution in [3.8, 4) is 11.1 Å². The van der Waals surface area contributed by atoms with Gasteiger partial charge >= 0.3 is 17.9 Å². The van der Waals surface area contributed by atoms with Gasteiger partial charge < -0.3 is 50.2 Å². The first-order valence-corrected chi connectivity index (χ1v) is 24.3. The molecular weight excluding hydrogens is 965 g/mol. The standard InChI is InChI=1S/C53H48N4O15S/c1-52(71-29-45(72-52)33-12-20-40(44(26-33)51(65)66)47(59)56-37-6-5-7-38(27-37)57(3)73(4,67)68)28-30-8-15-35(16-9-30)55-48(60)42-24-31(11-21-41(42)49(61)62)32-10-19-39(43(25-32)50(63)64)46(58)54-36-17-13-34(14-18-36)53(2)69-22-23-70-53/h5-21,24-27,45H,22-23,28-29H2,1-4H3,(H,54,58)(H,55,60)(H,56,59)(H,61,62)(H,63,64)(H,65,66). The Morgan fingerprint density at radius 2 is 1.10 bits per heavy atom. The van der Waals surface area contributed by atoms with E-state index in [4.69, 9.17) is 18.9 Å². The van der Waals surface area contributed by atoms with Crippen molar-refractivity contribution < 1.29 is 71.5 Å². The van der Waals surface area contributed by atoms with E-state index in [0.717, 1.165) is 21.7 Å². The fourth-order valence-electron chi connectivity index (χ4n) is 8.39. The number of carboxylic acids is 3. The molecule has 2 heterocycles. The average molecular weight is 1010 g/mol. The maximum atomic E-state index is 13.7. The summed E-state index contributed by atoms with van der Waals surface area (Å²) in [5.74, 6) is -8.39. The molecule has 20 heteroatoms. The number of hydrogen-bond acceptors (Lipinski definition) is 12. The van der Waals surface area contributed by atoms with Crippen LogP contribution in [0.4, 0.5) is 22.7 Å². The Morgan fingerprint density at radius 1 is 0.589 bits per heavy atom. The highest BCUT2D eigenvalue weighted by Gasteiger charge is 2.39. The summed E-state index contributed by atoms with van der Waals surface area (Å²) in [6.45, 7) is 4.45. The number of aromatic carboxylic acids is 3. The molecule has 6 aromatic carbocycles. The Labute approximate surface area is 418 Å². The summed E-state index contributed by atoms with van der Waals surface area (Å²) in [4.78, 5) is 77.5. The minimum Gasteiger partial charge on any atom is -0.478 e. The van der Waals surface area contributed by atoms with E-state index < -0.39 is 63.3 Å². The highest BCUT2D eigenvalue weighted by Crippen LogP contribution is 2.37. The molecule has 2 unspecified atom stereocenters. The molecule has 2 fully saturated rings. The van der Waals surface area contributed by atoms with Gasteiger partial charge in [0.15, 0.2) is 11.6 Å². The number of sulfonamides is 1. The molecular formula is C53H48N4O15S. The number of nitrogens with one attached hydrogen (secondary N) is 3. The predicted octanol–water partition coefficient (Wildman–Crippen LogP) is 7.87. The van der Waals surface area contributed by atoms with Gasteiger partial charge in [-0.2, -0.15) is 0 Å². The fourth-order valence-corrected chi connectivity index (χ4v) is 8.89. The Bertz CT molecular complexity index is 3300. The SMILES string of the molecule is CN(c1cccc(NC(=O)c2ccc(C3COC(C)(Cc4ccc(NC(=O)c5cc(-c6ccc(C(=O)Nc7ccc(C8(C)OCCO8)cc7)c(C(=O)O)c6)ccc5C(=O)O)cc4)O3)cc2C(=O)O)c1)S(C)(=O)=O. The zero-order chi connectivity index (χ0) is 52.4. The Morgan fingerprint density at radius 3 is 1.67 bits per heavy atom. The first-order valence-electron chi connectivity index (χ1n) is 22.5. The van der Waals surface area contributed by atoms with Crippen molar-refractivity contribution in [2.45, 2.75) is 37.9 Å². The van der Waals surface area contributed by atoms with Crippen molar-refractivity contribution in [1.82, 2.24) is 0 Å². The molecule has 19 nitrogen and oxygen atoms in total. The number of nitrogens with zero attached hydrogens (tertiary/aromatic N) is 1. The lowest BCUT2D eigenvalue weighted by molar-refractivity contribution is -0.153. The predicted molar refractivity (Wildman–Crippen MR) is 267 cm³/mol. The Kier molecular flexibility index (Phi) is 14.3. The summed E-state index contributed by atoms with van der Waals surface area (Å²) in [5.41, 5.74) is 2.36. The van der Waals surface area contributed by atoms with Gasteiger partial charge in [0.25, 0.3) is 17.7 Å². The van der Waals surface area contributed by atoms with Gasteiger partial charge in [-0.05, 0) is 115 Å². The summed E-state index contributed by atoms with van der Waals surface area (Å²) < 4.78 is 48.8. The zero-order valence-electron chi connectivity index (χ0n) is 39.6. The summed E-state index contributed by atoms with van der Waals surface area (Å²) in [6, 6.07) is 31.8. The Balaban J connectivity index is 0.915. The lowest BCUT2D eigenvalue weighted by Crippen LogP contribution is -2.28. The smallest absolute Gasteiger partial charge is 0.336 e. The van der Waals surface area contributed by atoms with Crippen LogP contribution in [0.3, 0.4) is 0 Å². The first kappa shape index (κ1) is 51.1. The molecule has 2 aliphatic heterocycles. The van der Waals surface area contributed by atoms with E-state index in [2.05, 4.69) is 16.0 Å². The van der Waals surface area contributed by atoms with Crippen molar-refractivity contribution in [2.24, 2.45) is 0 Å². The third-order valence-corrected chi connectivity index (χ3v) is 13.6. The minimum atomic E-state index is -3.58. The molecule has 73 heavy (non-hydrogen) atoms. The number of amides is 3. The largest absolute Gasteiger partial charge is 0.478 e. The summed E-state index contributed by atoms with van der Waals surface area (Å²) >= 11 is 0. The highest BCUT2D eigenvalue weighted by atomic mass is 32.2. The van der Waals surface area contributed by atoms with Gasteiger partial charge in [0.1, 0.15) is 6.10 Å². The zero-order valence-corrected chi connectivity index (χ0v) is 40.4. The second kappa shape index (κ2) is 20.5. The van der Waals surface area contributed by atoms with Gasteiger partial charge in [0.2, 0.25) is 10.0 Å². The number of benzene rings is 6. The molecule has 2 atom stereocenters. The van der Waals surface area contributed by atoms with Crippen LogP contribution >= 0.6 is 0 Å². The minimum absolute atomic E-state index is 0.0556. The number of anilines is 4. The second-order valence-corrected chi connectivity index (χ2v) is 19.5. The number of carbonyl (C=O) groups is 6. The van der Waals surface area contributed by atoms with Crippen LogP contribution < -0.4 is 20.3 Å². The lowest BCUT2D eigenvalue weighted by atomic mass is 9.95. The van der Waals surface area contributed by atoms with Crippen LogP contribution in [-0.2, 0) is 41.2 Å². The second-order valence-electron chi connectivity index (χ2n) is 17.5. The van der Waals surface area contributed by atoms with E-state index in [1.807, 2.05) is 0 Å². The van der Waals surface area contributed by atoms with Gasteiger partial charge in [-0.15, -0.1) is 0 Å². The van der Waals surface area contributed by atoms with Crippen LogP contribution in [0.15, 0.2) is 127 Å². The van der Waals surface area contributed by atoms with Crippen molar-refractivity contribution >= 4 is 68.4 Å². The third-order valence-electron chi connectivity index (χ3n) is 12.4. The highest BCUT2D eigenvalue weighted by molar-refractivity contribution is 7.92. The average Bonchev–Trinajstić information content (AvgIpc) is 3.99. The van der Waals surface area contributed by atoms with Crippen molar-refractivity contribution in [1.29, 1.82) is 0 Å². The van der Waals surface area contributed by atoms with Gasteiger partial charge in [-0.3, -0.25) is 18.7 Å². The number of rotatable bonds is 16. The molecule has 0 aromatic heterocycles. The molecule has 0 saturated carbocycles. The topological polar surface area (TPSA) is 273 Å².